The lowest BCUT2D eigenvalue weighted by molar-refractivity contribution is -0.145. The fourth-order valence-electron chi connectivity index (χ4n) is 4.60. The molecular formula is C23H26N6O2. The molecule has 0 saturated carbocycles. The molecule has 0 aliphatic carbocycles. The van der Waals surface area contributed by atoms with Crippen LogP contribution in [0, 0.1) is 5.92 Å². The van der Waals surface area contributed by atoms with Crippen LogP contribution < -0.4 is 0 Å². The van der Waals surface area contributed by atoms with Crippen molar-refractivity contribution in [2.75, 3.05) is 19.7 Å². The Labute approximate surface area is 181 Å². The molecule has 5 rings (SSSR count). The fourth-order valence-corrected chi connectivity index (χ4v) is 4.60. The molecule has 0 N–H and O–H groups in total. The fraction of sp³-hybridized carbons (Fsp3) is 0.435. The van der Waals surface area contributed by atoms with Crippen molar-refractivity contribution in [1.29, 1.82) is 0 Å². The van der Waals surface area contributed by atoms with E-state index in [1.54, 1.807) is 11.0 Å². The lowest BCUT2D eigenvalue weighted by atomic mass is 9.83. The number of ether oxygens (including phenoxy) is 1. The monoisotopic (exact) mass is 418 g/mol. The molecule has 2 aliphatic rings. The molecule has 8 nitrogen and oxygen atoms in total. The van der Waals surface area contributed by atoms with Gasteiger partial charge in [-0.15, -0.1) is 0 Å². The maximum atomic E-state index is 13.0. The van der Waals surface area contributed by atoms with Crippen LogP contribution in [0.4, 0.5) is 0 Å². The predicted octanol–water partition coefficient (Wildman–Crippen LogP) is 2.46. The summed E-state index contributed by atoms with van der Waals surface area (Å²) in [5.41, 5.74) is 2.72. The van der Waals surface area contributed by atoms with Gasteiger partial charge in [0.2, 0.25) is 5.91 Å². The van der Waals surface area contributed by atoms with Gasteiger partial charge in [-0.05, 0) is 24.8 Å². The van der Waals surface area contributed by atoms with Crippen molar-refractivity contribution in [2.45, 2.75) is 38.3 Å². The number of hydrogen-bond acceptors (Lipinski definition) is 6. The summed E-state index contributed by atoms with van der Waals surface area (Å²) < 4.78 is 8.05. The number of amides is 1. The molecule has 4 heterocycles. The second-order valence-electron chi connectivity index (χ2n) is 8.37. The number of piperidine rings is 1. The summed E-state index contributed by atoms with van der Waals surface area (Å²) in [5, 5.41) is 4.11. The molecule has 1 aromatic carbocycles. The van der Waals surface area contributed by atoms with E-state index < -0.39 is 5.60 Å². The summed E-state index contributed by atoms with van der Waals surface area (Å²) in [6, 6.07) is 10.0. The van der Waals surface area contributed by atoms with Gasteiger partial charge in [0, 0.05) is 24.8 Å². The molecule has 1 atom stereocenters. The first-order chi connectivity index (χ1) is 15.1. The Balaban J connectivity index is 1.33. The molecule has 1 amide bonds. The molecule has 2 aliphatic heterocycles. The zero-order valence-corrected chi connectivity index (χ0v) is 17.6. The summed E-state index contributed by atoms with van der Waals surface area (Å²) in [7, 11) is 0. The van der Waals surface area contributed by atoms with E-state index in [0.29, 0.717) is 26.2 Å². The van der Waals surface area contributed by atoms with E-state index in [2.05, 4.69) is 15.1 Å². The van der Waals surface area contributed by atoms with E-state index in [4.69, 9.17) is 9.72 Å². The Morgan fingerprint density at radius 2 is 2.03 bits per heavy atom. The molecule has 0 radical (unpaired) electrons. The summed E-state index contributed by atoms with van der Waals surface area (Å²) in [6.45, 7) is 4.46. The van der Waals surface area contributed by atoms with Gasteiger partial charge in [-0.3, -0.25) is 9.48 Å². The van der Waals surface area contributed by atoms with E-state index in [-0.39, 0.29) is 11.8 Å². The van der Waals surface area contributed by atoms with Crippen molar-refractivity contribution >= 4 is 5.91 Å². The van der Waals surface area contributed by atoms with Crippen molar-refractivity contribution in [2.24, 2.45) is 5.92 Å². The van der Waals surface area contributed by atoms with E-state index in [1.807, 2.05) is 48.4 Å². The number of carbonyl (C=O) groups excluding carboxylic acids is 1. The number of benzene rings is 1. The van der Waals surface area contributed by atoms with Gasteiger partial charge in [-0.1, -0.05) is 37.3 Å². The third-order valence-electron chi connectivity index (χ3n) is 6.31. The largest absolute Gasteiger partial charge is 0.368 e. The van der Waals surface area contributed by atoms with Gasteiger partial charge in [0.05, 0.1) is 24.8 Å². The molecule has 1 fully saturated rings. The first kappa shape index (κ1) is 19.8. The number of fused-ring (bicyclic) bond motifs is 2. The highest BCUT2D eigenvalue weighted by Gasteiger charge is 2.43. The summed E-state index contributed by atoms with van der Waals surface area (Å²) >= 11 is 0. The Kier molecular flexibility index (Phi) is 5.23. The molecule has 3 aromatic rings. The lowest BCUT2D eigenvalue weighted by Gasteiger charge is -2.44. The lowest BCUT2D eigenvalue weighted by Crippen LogP contribution is -2.50. The Morgan fingerprint density at radius 3 is 2.77 bits per heavy atom. The average molecular weight is 419 g/mol. The third-order valence-corrected chi connectivity index (χ3v) is 6.31. The average Bonchev–Trinajstić information content (AvgIpc) is 3.33. The van der Waals surface area contributed by atoms with Gasteiger partial charge >= 0.3 is 0 Å². The van der Waals surface area contributed by atoms with Gasteiger partial charge in [-0.25, -0.2) is 15.0 Å². The Bertz CT molecular complexity index is 1050. The molecule has 31 heavy (non-hydrogen) atoms. The van der Waals surface area contributed by atoms with Gasteiger partial charge < -0.3 is 9.64 Å². The van der Waals surface area contributed by atoms with Crippen LogP contribution in [0.25, 0.3) is 11.4 Å². The number of aromatic nitrogens is 5. The number of likely N-dealkylation sites (tertiary alicyclic amines) is 1. The van der Waals surface area contributed by atoms with Gasteiger partial charge in [0.15, 0.2) is 5.82 Å². The van der Waals surface area contributed by atoms with Crippen LogP contribution in [0.15, 0.2) is 49.2 Å². The van der Waals surface area contributed by atoms with Crippen molar-refractivity contribution in [3.05, 3.63) is 60.4 Å². The van der Waals surface area contributed by atoms with Crippen LogP contribution in [0.1, 0.15) is 31.0 Å². The number of hydrogen-bond donors (Lipinski definition) is 0. The van der Waals surface area contributed by atoms with Crippen LogP contribution in [0.5, 0.6) is 0 Å². The van der Waals surface area contributed by atoms with Crippen molar-refractivity contribution in [1.82, 2.24) is 29.6 Å². The maximum Gasteiger partial charge on any atom is 0.227 e. The highest BCUT2D eigenvalue weighted by atomic mass is 16.5. The van der Waals surface area contributed by atoms with Gasteiger partial charge in [-0.2, -0.15) is 5.10 Å². The molecule has 1 spiro atoms. The summed E-state index contributed by atoms with van der Waals surface area (Å²) in [5.74, 6) is 0.723. The van der Waals surface area contributed by atoms with E-state index in [9.17, 15) is 4.79 Å². The topological polar surface area (TPSA) is 86.0 Å². The molecule has 1 unspecified atom stereocenters. The minimum absolute atomic E-state index is 0.147. The maximum absolute atomic E-state index is 13.0. The second-order valence-corrected chi connectivity index (χ2v) is 8.37. The summed E-state index contributed by atoms with van der Waals surface area (Å²) in [4.78, 5) is 28.4. The number of rotatable bonds is 4. The normalized spacial score (nSPS) is 18.5. The van der Waals surface area contributed by atoms with Crippen molar-refractivity contribution in [3.63, 3.8) is 0 Å². The number of nitrogens with zero attached hydrogens (tertiary/aromatic N) is 6. The van der Waals surface area contributed by atoms with Crippen LogP contribution in [0.3, 0.4) is 0 Å². The van der Waals surface area contributed by atoms with Crippen LogP contribution in [-0.4, -0.2) is 55.2 Å². The second kappa shape index (κ2) is 8.19. The first-order valence-electron chi connectivity index (χ1n) is 10.8. The molecule has 1 saturated heterocycles. The zero-order valence-electron chi connectivity index (χ0n) is 17.6. The van der Waals surface area contributed by atoms with E-state index >= 15 is 0 Å². The molecule has 8 heteroatoms. The van der Waals surface area contributed by atoms with E-state index in [0.717, 1.165) is 41.9 Å². The quantitative estimate of drug-likeness (QED) is 0.647. The minimum atomic E-state index is -0.439. The zero-order chi connectivity index (χ0) is 21.3. The van der Waals surface area contributed by atoms with Crippen LogP contribution >= 0.6 is 0 Å². The smallest absolute Gasteiger partial charge is 0.227 e. The van der Waals surface area contributed by atoms with Crippen LogP contribution in [-0.2, 0) is 28.1 Å². The van der Waals surface area contributed by atoms with Crippen molar-refractivity contribution < 1.29 is 9.53 Å². The SMILES string of the molecule is CC(Cn1cncn1)C(=O)N1CCC2(CC1)OCCc1cnc(-c3ccccc3)nc12. The van der Waals surface area contributed by atoms with Crippen molar-refractivity contribution in [3.8, 4) is 11.4 Å². The third kappa shape index (κ3) is 3.83. The van der Waals surface area contributed by atoms with Gasteiger partial charge in [0.25, 0.3) is 0 Å². The van der Waals surface area contributed by atoms with Gasteiger partial charge in [0.1, 0.15) is 18.3 Å². The number of carbonyl (C=O) groups is 1. The highest BCUT2D eigenvalue weighted by Crippen LogP contribution is 2.41. The minimum Gasteiger partial charge on any atom is -0.368 e. The Hall–Kier alpha value is -3.13. The molecular weight excluding hydrogens is 392 g/mol. The van der Waals surface area contributed by atoms with Crippen LogP contribution in [0.2, 0.25) is 0 Å². The molecule has 160 valence electrons. The Morgan fingerprint density at radius 1 is 1.23 bits per heavy atom. The summed E-state index contributed by atoms with van der Waals surface area (Å²) in [6.07, 6.45) is 7.40. The first-order valence-corrected chi connectivity index (χ1v) is 10.8. The highest BCUT2D eigenvalue weighted by molar-refractivity contribution is 5.78. The standard InChI is InChI=1S/C23H26N6O2/c1-17(14-29-16-24-15-26-29)22(30)28-10-8-23(9-11-28)20-19(7-12-31-23)13-25-21(27-20)18-5-3-2-4-6-18/h2-6,13,15-17H,7-12,14H2,1H3. The van der Waals surface area contributed by atoms with E-state index in [1.165, 1.54) is 6.33 Å². The molecule has 2 aromatic heterocycles. The predicted molar refractivity (Wildman–Crippen MR) is 114 cm³/mol. The molecule has 0 bridgehead atoms.